The lowest BCUT2D eigenvalue weighted by molar-refractivity contribution is -0.174. The van der Waals surface area contributed by atoms with Crippen molar-refractivity contribution in [1.82, 2.24) is 9.80 Å². The topological polar surface area (TPSA) is 163 Å². The fraction of sp³-hybridized carbons (Fsp3) is 0.867. The van der Waals surface area contributed by atoms with Gasteiger partial charge in [-0.15, -0.1) is 0 Å². The second kappa shape index (κ2) is 15.3. The highest BCUT2D eigenvalue weighted by Crippen LogP contribution is 2.70. The maximum absolute atomic E-state index is 13.4. The van der Waals surface area contributed by atoms with E-state index in [9.17, 15) is 24.9 Å². The number of allylic oxidation sites excluding steroid dienone is 4. The molecule has 0 aromatic heterocycles. The van der Waals surface area contributed by atoms with E-state index >= 15 is 0 Å². The van der Waals surface area contributed by atoms with Gasteiger partial charge in [0.2, 0.25) is 0 Å². The molecule has 0 radical (unpaired) electrons. The molecule has 8 rings (SSSR count). The molecule has 58 heavy (non-hydrogen) atoms. The van der Waals surface area contributed by atoms with Gasteiger partial charge in [-0.1, -0.05) is 37.1 Å². The van der Waals surface area contributed by atoms with Gasteiger partial charge in [-0.25, -0.2) is 9.59 Å². The van der Waals surface area contributed by atoms with Crippen LogP contribution in [0.15, 0.2) is 23.3 Å². The predicted octanol–water partition coefficient (Wildman–Crippen LogP) is 5.59. The van der Waals surface area contributed by atoms with Crippen molar-refractivity contribution < 1.29 is 53.3 Å². The van der Waals surface area contributed by atoms with E-state index in [1.807, 2.05) is 0 Å². The van der Waals surface area contributed by atoms with Crippen molar-refractivity contribution in [3.05, 3.63) is 23.3 Å². The van der Waals surface area contributed by atoms with Crippen LogP contribution in [0.25, 0.3) is 0 Å². The predicted molar refractivity (Wildman–Crippen MR) is 213 cm³/mol. The standard InChI is InChI=1S/C45H70N2O11/c1-26(2)9-11-29-21-43(29,6)37-35(54-8)33(58-39(50)46-22-41(4,52)23-46)20-30(45(37)25-56-45)19-27(3)10-12-28-13-16-42(28,5)36-34(53-7)32(14-17-44(36)24-55-44)57-40(51)47-18-15-31(48)38(47)49/h9-10,28-38,48-49,52H,11-25H2,1-8H3/b27-10+/t28-,29-,30?,31?,32+,33+,34+,35+,36+,37+,38?,42-,43?,44?,45?/m0/s1. The van der Waals surface area contributed by atoms with Gasteiger partial charge < -0.3 is 48.6 Å². The maximum atomic E-state index is 13.4. The number of hydrogen-bond acceptors (Lipinski definition) is 11. The number of carbonyl (C=O) groups is 2. The van der Waals surface area contributed by atoms with E-state index in [0.717, 1.165) is 44.9 Å². The molecule has 13 nitrogen and oxygen atoms in total. The average Bonchev–Trinajstić information content (AvgIpc) is 4.11. The molecule has 6 unspecified atom stereocenters. The fourth-order valence-electron chi connectivity index (χ4n) is 12.7. The molecule has 8 aliphatic rings. The van der Waals surface area contributed by atoms with E-state index in [0.29, 0.717) is 44.3 Å². The Morgan fingerprint density at radius 1 is 0.793 bits per heavy atom. The lowest BCUT2D eigenvalue weighted by Crippen LogP contribution is -2.63. The lowest BCUT2D eigenvalue weighted by Gasteiger charge is -2.58. The number of rotatable bonds is 12. The van der Waals surface area contributed by atoms with Crippen LogP contribution in [0, 0.1) is 40.4 Å². The summed E-state index contributed by atoms with van der Waals surface area (Å²) in [5.74, 6) is 1.17. The molecule has 4 aliphatic carbocycles. The van der Waals surface area contributed by atoms with Gasteiger partial charge in [-0.05, 0) is 120 Å². The van der Waals surface area contributed by atoms with Crippen LogP contribution in [-0.4, -0.2) is 138 Å². The highest BCUT2D eigenvalue weighted by molar-refractivity contribution is 5.69. The largest absolute Gasteiger partial charge is 0.443 e. The van der Waals surface area contributed by atoms with Gasteiger partial charge in [0.1, 0.15) is 36.1 Å². The van der Waals surface area contributed by atoms with Crippen molar-refractivity contribution in [1.29, 1.82) is 0 Å². The first-order valence-electron chi connectivity index (χ1n) is 22.0. The summed E-state index contributed by atoms with van der Waals surface area (Å²) in [6, 6.07) is 0. The zero-order valence-corrected chi connectivity index (χ0v) is 36.1. The van der Waals surface area contributed by atoms with Crippen LogP contribution < -0.4 is 0 Å². The fourth-order valence-corrected chi connectivity index (χ4v) is 12.7. The van der Waals surface area contributed by atoms with Crippen LogP contribution in [0.1, 0.15) is 106 Å². The SMILES string of the molecule is CO[C@@H]1[C@H](OC(=O)N2CC(C)(O)C2)CC(C/C(C)=C/C[C@H]2CC[C@]2(C)[C@H]2[C@H](OC)[C@H](OC(=O)N3CCC(O)C3O)CCC23CO3)C2(CO2)[C@H]1C1(C)C[C@@H]1CC=C(C)C. The number of likely N-dealkylation sites (tertiary alicyclic amines) is 2. The third-order valence-electron chi connectivity index (χ3n) is 16.4. The molecule has 15 atom stereocenters. The van der Waals surface area contributed by atoms with Gasteiger partial charge in [-0.2, -0.15) is 0 Å². The molecule has 4 saturated heterocycles. The Kier molecular flexibility index (Phi) is 11.2. The number of aliphatic hydroxyl groups excluding tert-OH is 2. The first-order chi connectivity index (χ1) is 27.4. The summed E-state index contributed by atoms with van der Waals surface area (Å²) in [6.07, 6.45) is 8.32. The van der Waals surface area contributed by atoms with E-state index in [1.165, 1.54) is 16.0 Å². The summed E-state index contributed by atoms with van der Waals surface area (Å²) < 4.78 is 37.8. The van der Waals surface area contributed by atoms with E-state index in [1.54, 1.807) is 26.0 Å². The Hall–Kier alpha value is -2.26. The molecule has 0 aromatic rings. The second-order valence-electron chi connectivity index (χ2n) is 20.7. The molecule has 4 heterocycles. The third kappa shape index (κ3) is 7.44. The Morgan fingerprint density at radius 2 is 1.45 bits per heavy atom. The summed E-state index contributed by atoms with van der Waals surface area (Å²) in [5.41, 5.74) is 1.03. The Bertz CT molecular complexity index is 1630. The minimum atomic E-state index is -1.26. The monoisotopic (exact) mass is 814 g/mol. The maximum Gasteiger partial charge on any atom is 0.412 e. The highest BCUT2D eigenvalue weighted by Gasteiger charge is 2.73. The number of epoxide rings is 2. The summed E-state index contributed by atoms with van der Waals surface area (Å²) in [5, 5.41) is 30.8. The van der Waals surface area contributed by atoms with Crippen molar-refractivity contribution in [3.63, 3.8) is 0 Å². The molecule has 13 heteroatoms. The van der Waals surface area contributed by atoms with E-state index in [4.69, 9.17) is 28.4 Å². The summed E-state index contributed by atoms with van der Waals surface area (Å²) in [6.45, 7) is 15.1. The van der Waals surface area contributed by atoms with Crippen LogP contribution in [0.3, 0.4) is 0 Å². The number of aliphatic hydroxyl groups is 3. The van der Waals surface area contributed by atoms with Crippen LogP contribution >= 0.6 is 0 Å². The summed E-state index contributed by atoms with van der Waals surface area (Å²) in [7, 11) is 3.44. The van der Waals surface area contributed by atoms with Crippen LogP contribution in [0.5, 0.6) is 0 Å². The molecule has 2 spiro atoms. The third-order valence-corrected chi connectivity index (χ3v) is 16.4. The van der Waals surface area contributed by atoms with Crippen molar-refractivity contribution in [3.8, 4) is 0 Å². The molecule has 4 saturated carbocycles. The number of carbonyl (C=O) groups excluding carboxylic acids is 2. The molecule has 3 N–H and O–H groups in total. The van der Waals surface area contributed by atoms with E-state index in [-0.39, 0.29) is 77.7 Å². The van der Waals surface area contributed by atoms with Crippen molar-refractivity contribution in [2.24, 2.45) is 40.4 Å². The number of β-amino-alcohol motifs (C(OH)–C–C–N with tert-alkyl or cyclic N) is 1. The van der Waals surface area contributed by atoms with Crippen LogP contribution in [-0.2, 0) is 28.4 Å². The molecule has 326 valence electrons. The lowest BCUT2D eigenvalue weighted by atomic mass is 9.48. The molecule has 8 fully saturated rings. The van der Waals surface area contributed by atoms with Gasteiger partial charge in [0.05, 0.1) is 37.5 Å². The highest BCUT2D eigenvalue weighted by atomic mass is 16.6. The normalized spacial score (nSPS) is 46.3. The smallest absolute Gasteiger partial charge is 0.412 e. The number of nitrogens with zero attached hydrogens (tertiary/aromatic N) is 2. The van der Waals surface area contributed by atoms with Gasteiger partial charge in [0, 0.05) is 32.6 Å². The summed E-state index contributed by atoms with van der Waals surface area (Å²) >= 11 is 0. The van der Waals surface area contributed by atoms with Gasteiger partial charge in [0.15, 0.2) is 6.23 Å². The van der Waals surface area contributed by atoms with Crippen molar-refractivity contribution >= 4 is 12.2 Å². The second-order valence-corrected chi connectivity index (χ2v) is 20.7. The Balaban J connectivity index is 0.978. The number of hydrogen-bond donors (Lipinski definition) is 3. The van der Waals surface area contributed by atoms with Gasteiger partial charge in [0.25, 0.3) is 0 Å². The molecule has 0 bridgehead atoms. The Labute approximate surface area is 344 Å². The van der Waals surface area contributed by atoms with Gasteiger partial charge >= 0.3 is 12.2 Å². The van der Waals surface area contributed by atoms with Gasteiger partial charge in [-0.3, -0.25) is 4.90 Å². The van der Waals surface area contributed by atoms with Crippen LogP contribution in [0.2, 0.25) is 0 Å². The number of amides is 2. The van der Waals surface area contributed by atoms with E-state index < -0.39 is 36.2 Å². The number of methoxy groups -OCH3 is 2. The zero-order chi connectivity index (χ0) is 41.6. The first-order valence-corrected chi connectivity index (χ1v) is 22.0. The average molecular weight is 815 g/mol. The first kappa shape index (κ1) is 42.4. The minimum Gasteiger partial charge on any atom is -0.443 e. The molecule has 0 aromatic carbocycles. The minimum absolute atomic E-state index is 0.00130. The molecule has 2 amide bonds. The van der Waals surface area contributed by atoms with E-state index in [2.05, 4.69) is 46.8 Å². The quantitative estimate of drug-likeness (QED) is 0.166. The molecular formula is C45H70N2O11. The number of ether oxygens (including phenoxy) is 6. The Morgan fingerprint density at radius 3 is 2.00 bits per heavy atom. The zero-order valence-electron chi connectivity index (χ0n) is 36.1. The van der Waals surface area contributed by atoms with Crippen molar-refractivity contribution in [2.45, 2.75) is 159 Å². The summed E-state index contributed by atoms with van der Waals surface area (Å²) in [4.78, 5) is 29.5. The van der Waals surface area contributed by atoms with Crippen molar-refractivity contribution in [2.75, 3.05) is 47.1 Å². The van der Waals surface area contributed by atoms with Crippen LogP contribution in [0.4, 0.5) is 9.59 Å². The molecule has 4 aliphatic heterocycles. The molecular weight excluding hydrogens is 744 g/mol.